The van der Waals surface area contributed by atoms with Gasteiger partial charge in [-0.3, -0.25) is 4.40 Å². The molecule has 1 aliphatic rings. The summed E-state index contributed by atoms with van der Waals surface area (Å²) in [5, 5.41) is 1.69. The third kappa shape index (κ3) is 3.26. The van der Waals surface area contributed by atoms with Crippen LogP contribution in [0.15, 0.2) is 78.0 Å². The maximum absolute atomic E-state index is 13.3. The summed E-state index contributed by atoms with van der Waals surface area (Å²) in [7, 11) is -3.55. The number of piperidine rings is 1. The lowest BCUT2D eigenvalue weighted by atomic mass is 10.1. The average Bonchev–Trinajstić information content (AvgIpc) is 3.24. The van der Waals surface area contributed by atoms with Crippen molar-refractivity contribution >= 4 is 26.4 Å². The molecule has 0 atom stereocenters. The SMILES string of the molecule is O=S(=O)(c1cccc2ccccc12)N1CCC(Oc2cccc3nccn23)CC1. The van der Waals surface area contributed by atoms with E-state index in [1.807, 2.05) is 59.1 Å². The second kappa shape index (κ2) is 7.17. The van der Waals surface area contributed by atoms with E-state index in [-0.39, 0.29) is 6.10 Å². The van der Waals surface area contributed by atoms with Gasteiger partial charge in [0.2, 0.25) is 10.0 Å². The van der Waals surface area contributed by atoms with Crippen LogP contribution in [0.2, 0.25) is 0 Å². The standard InChI is InChI=1S/C22H21N3O3S/c26-29(27,20-8-3-6-17-5-1-2-7-19(17)20)24-14-11-18(12-15-24)28-22-10-4-9-21-23-13-16-25(21)22/h1-10,13,16,18H,11-12,14-15H2. The Kier molecular flexibility index (Phi) is 4.49. The maximum atomic E-state index is 13.3. The fraction of sp³-hybridized carbons (Fsp3) is 0.227. The third-order valence-electron chi connectivity index (χ3n) is 5.45. The van der Waals surface area contributed by atoms with Crippen LogP contribution >= 0.6 is 0 Å². The van der Waals surface area contributed by atoms with Crippen LogP contribution in [0.25, 0.3) is 16.4 Å². The average molecular weight is 407 g/mol. The molecule has 0 unspecified atom stereocenters. The molecule has 5 rings (SSSR count). The zero-order valence-corrected chi connectivity index (χ0v) is 16.6. The number of imidazole rings is 1. The summed E-state index contributed by atoms with van der Waals surface area (Å²) in [6, 6.07) is 18.8. The van der Waals surface area contributed by atoms with Gasteiger partial charge in [0.05, 0.1) is 4.90 Å². The van der Waals surface area contributed by atoms with E-state index in [2.05, 4.69) is 4.98 Å². The molecule has 0 bridgehead atoms. The van der Waals surface area contributed by atoms with Crippen molar-refractivity contribution in [3.63, 3.8) is 0 Å². The first-order valence-electron chi connectivity index (χ1n) is 9.69. The van der Waals surface area contributed by atoms with E-state index in [1.54, 1.807) is 22.6 Å². The molecule has 7 heteroatoms. The van der Waals surface area contributed by atoms with Gasteiger partial charge in [0, 0.05) is 30.9 Å². The van der Waals surface area contributed by atoms with Crippen molar-refractivity contribution in [2.24, 2.45) is 0 Å². The quantitative estimate of drug-likeness (QED) is 0.517. The van der Waals surface area contributed by atoms with E-state index in [0.717, 1.165) is 22.3 Å². The summed E-state index contributed by atoms with van der Waals surface area (Å²) in [6.45, 7) is 0.881. The molecule has 0 radical (unpaired) electrons. The first-order chi connectivity index (χ1) is 14.1. The Labute approximate surface area is 169 Å². The second-order valence-corrected chi connectivity index (χ2v) is 9.12. The van der Waals surface area contributed by atoms with Gasteiger partial charge in [-0.15, -0.1) is 0 Å². The number of pyridine rings is 1. The summed E-state index contributed by atoms with van der Waals surface area (Å²) in [4.78, 5) is 4.64. The molecule has 0 spiro atoms. The smallest absolute Gasteiger partial charge is 0.243 e. The summed E-state index contributed by atoms with van der Waals surface area (Å²) >= 11 is 0. The number of benzene rings is 2. The summed E-state index contributed by atoms with van der Waals surface area (Å²) in [5.74, 6) is 0.732. The molecule has 1 fully saturated rings. The van der Waals surface area contributed by atoms with Crippen molar-refractivity contribution in [2.45, 2.75) is 23.8 Å². The zero-order valence-electron chi connectivity index (χ0n) is 15.8. The number of ether oxygens (including phenoxy) is 1. The van der Waals surface area contributed by atoms with Crippen molar-refractivity contribution in [3.8, 4) is 5.88 Å². The Morgan fingerprint density at radius 2 is 1.69 bits per heavy atom. The summed E-state index contributed by atoms with van der Waals surface area (Å²) in [5.41, 5.74) is 0.832. The molecule has 1 aliphatic heterocycles. The maximum Gasteiger partial charge on any atom is 0.243 e. The van der Waals surface area contributed by atoms with Crippen LogP contribution in [0, 0.1) is 0 Å². The van der Waals surface area contributed by atoms with E-state index < -0.39 is 10.0 Å². The van der Waals surface area contributed by atoms with Crippen LogP contribution in [0.3, 0.4) is 0 Å². The Bertz CT molecular complexity index is 1270. The van der Waals surface area contributed by atoms with Gasteiger partial charge in [0.1, 0.15) is 11.8 Å². The van der Waals surface area contributed by atoms with Gasteiger partial charge >= 0.3 is 0 Å². The predicted molar refractivity (Wildman–Crippen MR) is 112 cm³/mol. The molecular weight excluding hydrogens is 386 g/mol. The Hall–Kier alpha value is -2.90. The number of hydrogen-bond donors (Lipinski definition) is 0. The number of nitrogens with zero attached hydrogens (tertiary/aromatic N) is 3. The lowest BCUT2D eigenvalue weighted by molar-refractivity contribution is 0.128. The van der Waals surface area contributed by atoms with Crippen molar-refractivity contribution in [2.75, 3.05) is 13.1 Å². The van der Waals surface area contributed by atoms with Gasteiger partial charge in [-0.25, -0.2) is 13.4 Å². The van der Waals surface area contributed by atoms with Crippen molar-refractivity contribution in [1.82, 2.24) is 13.7 Å². The zero-order chi connectivity index (χ0) is 19.8. The first kappa shape index (κ1) is 18.1. The number of sulfonamides is 1. The monoisotopic (exact) mass is 407 g/mol. The summed E-state index contributed by atoms with van der Waals surface area (Å²) in [6.07, 6.45) is 4.87. The van der Waals surface area contributed by atoms with Crippen molar-refractivity contribution in [3.05, 3.63) is 73.1 Å². The van der Waals surface area contributed by atoms with Crippen LogP contribution in [-0.4, -0.2) is 41.3 Å². The third-order valence-corrected chi connectivity index (χ3v) is 7.40. The molecule has 0 saturated carbocycles. The molecule has 0 amide bonds. The fourth-order valence-corrected chi connectivity index (χ4v) is 5.62. The van der Waals surface area contributed by atoms with E-state index in [0.29, 0.717) is 30.8 Å². The molecular formula is C22H21N3O3S. The Balaban J connectivity index is 1.34. The molecule has 6 nitrogen and oxygen atoms in total. The number of hydrogen-bond acceptors (Lipinski definition) is 4. The minimum absolute atomic E-state index is 0.0260. The largest absolute Gasteiger partial charge is 0.475 e. The molecule has 4 aromatic rings. The second-order valence-electron chi connectivity index (χ2n) is 7.22. The topological polar surface area (TPSA) is 63.9 Å². The Morgan fingerprint density at radius 3 is 2.55 bits per heavy atom. The highest BCUT2D eigenvalue weighted by Crippen LogP contribution is 2.28. The van der Waals surface area contributed by atoms with E-state index >= 15 is 0 Å². The minimum atomic E-state index is -3.55. The minimum Gasteiger partial charge on any atom is -0.475 e. The van der Waals surface area contributed by atoms with Gasteiger partial charge in [-0.2, -0.15) is 4.31 Å². The molecule has 29 heavy (non-hydrogen) atoms. The highest BCUT2D eigenvalue weighted by molar-refractivity contribution is 7.89. The summed E-state index contributed by atoms with van der Waals surface area (Å²) < 4.78 is 36.2. The molecule has 0 aliphatic carbocycles. The molecule has 148 valence electrons. The van der Waals surface area contributed by atoms with Crippen LogP contribution < -0.4 is 4.74 Å². The molecule has 0 N–H and O–H groups in total. The van der Waals surface area contributed by atoms with Gasteiger partial charge in [-0.1, -0.05) is 42.5 Å². The lowest BCUT2D eigenvalue weighted by Crippen LogP contribution is -2.41. The van der Waals surface area contributed by atoms with E-state index in [4.69, 9.17) is 4.74 Å². The molecule has 3 heterocycles. The van der Waals surface area contributed by atoms with Crippen molar-refractivity contribution in [1.29, 1.82) is 0 Å². The fourth-order valence-electron chi connectivity index (χ4n) is 3.94. The van der Waals surface area contributed by atoms with E-state index in [1.165, 1.54) is 0 Å². The predicted octanol–water partition coefficient (Wildman–Crippen LogP) is 3.72. The number of rotatable bonds is 4. The number of fused-ring (bicyclic) bond motifs is 2. The van der Waals surface area contributed by atoms with E-state index in [9.17, 15) is 8.42 Å². The van der Waals surface area contributed by atoms with Crippen LogP contribution in [0.1, 0.15) is 12.8 Å². The van der Waals surface area contributed by atoms with Gasteiger partial charge in [0.15, 0.2) is 5.88 Å². The Morgan fingerprint density at radius 1 is 0.931 bits per heavy atom. The van der Waals surface area contributed by atoms with Crippen LogP contribution in [0.4, 0.5) is 0 Å². The van der Waals surface area contributed by atoms with Crippen LogP contribution in [-0.2, 0) is 10.0 Å². The number of aromatic nitrogens is 2. The first-order valence-corrected chi connectivity index (χ1v) is 11.1. The van der Waals surface area contributed by atoms with Crippen LogP contribution in [0.5, 0.6) is 5.88 Å². The molecule has 2 aromatic carbocycles. The normalized spacial score (nSPS) is 16.4. The molecule has 2 aromatic heterocycles. The lowest BCUT2D eigenvalue weighted by Gasteiger charge is -2.31. The highest BCUT2D eigenvalue weighted by Gasteiger charge is 2.31. The van der Waals surface area contributed by atoms with Gasteiger partial charge < -0.3 is 4.74 Å². The molecule has 1 saturated heterocycles. The highest BCUT2D eigenvalue weighted by atomic mass is 32.2. The van der Waals surface area contributed by atoms with Gasteiger partial charge in [-0.05, 0) is 36.4 Å². The van der Waals surface area contributed by atoms with Gasteiger partial charge in [0.25, 0.3) is 0 Å². The van der Waals surface area contributed by atoms with Crippen molar-refractivity contribution < 1.29 is 13.2 Å².